The summed E-state index contributed by atoms with van der Waals surface area (Å²) in [6.07, 6.45) is 0. The van der Waals surface area contributed by atoms with E-state index < -0.39 is 5.69 Å². The zero-order valence-corrected chi connectivity index (χ0v) is 16.0. The first-order valence-electron chi connectivity index (χ1n) is 8.30. The molecule has 2 heterocycles. The number of rotatable bonds is 5. The molecule has 0 atom stereocenters. The highest BCUT2D eigenvalue weighted by molar-refractivity contribution is 7.14. The van der Waals surface area contributed by atoms with Crippen LogP contribution in [0.3, 0.4) is 0 Å². The van der Waals surface area contributed by atoms with Gasteiger partial charge in [0.05, 0.1) is 12.2 Å². The molecule has 2 N–H and O–H groups in total. The van der Waals surface area contributed by atoms with Crippen LogP contribution in [-0.4, -0.2) is 19.8 Å². The van der Waals surface area contributed by atoms with Crippen LogP contribution < -0.4 is 15.9 Å². The number of hydrogen-bond acceptors (Lipinski definition) is 6. The fraction of sp³-hybridized carbons (Fsp3) is 0.0526. The number of hydrogen-bond donors (Lipinski definition) is 2. The number of amides is 1. The molecule has 0 aliphatic carbocycles. The predicted octanol–water partition coefficient (Wildman–Crippen LogP) is 3.02. The van der Waals surface area contributed by atoms with Crippen LogP contribution in [0.4, 0.5) is 5.13 Å². The van der Waals surface area contributed by atoms with Gasteiger partial charge in [0.15, 0.2) is 5.13 Å². The average Bonchev–Trinajstić information content (AvgIpc) is 3.29. The van der Waals surface area contributed by atoms with Gasteiger partial charge in [-0.25, -0.2) is 13.7 Å². The second-order valence-electron chi connectivity index (χ2n) is 5.90. The van der Waals surface area contributed by atoms with Crippen molar-refractivity contribution in [3.63, 3.8) is 0 Å². The van der Waals surface area contributed by atoms with Gasteiger partial charge >= 0.3 is 10.6 Å². The molecule has 140 valence electrons. The first-order valence-corrected chi connectivity index (χ1v) is 9.95. The van der Waals surface area contributed by atoms with Gasteiger partial charge in [0.25, 0.3) is 5.91 Å². The molecule has 0 bridgehead atoms. The van der Waals surface area contributed by atoms with E-state index in [0.29, 0.717) is 10.7 Å². The van der Waals surface area contributed by atoms with Crippen LogP contribution in [-0.2, 0) is 6.54 Å². The molecule has 0 saturated heterocycles. The quantitative estimate of drug-likeness (QED) is 0.529. The number of thiazole rings is 1. The summed E-state index contributed by atoms with van der Waals surface area (Å²) in [4.78, 5) is 41.5. The van der Waals surface area contributed by atoms with Crippen LogP contribution in [0.1, 0.15) is 15.9 Å². The van der Waals surface area contributed by atoms with E-state index in [1.807, 2.05) is 35.7 Å². The molecule has 1 amide bonds. The molecule has 0 unspecified atom stereocenters. The van der Waals surface area contributed by atoms with Gasteiger partial charge in [-0.1, -0.05) is 42.5 Å². The molecule has 0 spiro atoms. The Balaban J connectivity index is 1.44. The zero-order valence-electron chi connectivity index (χ0n) is 14.4. The van der Waals surface area contributed by atoms with Crippen molar-refractivity contribution in [2.75, 3.05) is 5.32 Å². The van der Waals surface area contributed by atoms with Crippen molar-refractivity contribution in [1.82, 2.24) is 13.9 Å². The normalized spacial score (nSPS) is 10.7. The third-order valence-corrected chi connectivity index (χ3v) is 5.51. The number of nitrogens with zero attached hydrogens (tertiary/aromatic N) is 2. The van der Waals surface area contributed by atoms with E-state index in [4.69, 9.17) is 0 Å². The van der Waals surface area contributed by atoms with E-state index in [0.717, 1.165) is 28.4 Å². The van der Waals surface area contributed by atoms with Crippen molar-refractivity contribution >= 4 is 33.9 Å². The number of aromatic amines is 1. The van der Waals surface area contributed by atoms with Crippen molar-refractivity contribution < 1.29 is 4.79 Å². The minimum absolute atomic E-state index is 0.260. The maximum absolute atomic E-state index is 12.4. The fourth-order valence-corrected chi connectivity index (χ4v) is 3.98. The summed E-state index contributed by atoms with van der Waals surface area (Å²) in [5.41, 5.74) is 2.66. The molecule has 0 aliphatic rings. The summed E-state index contributed by atoms with van der Waals surface area (Å²) in [6.45, 7) is 0.275. The lowest BCUT2D eigenvalue weighted by Gasteiger charge is -2.04. The third kappa shape index (κ3) is 4.00. The van der Waals surface area contributed by atoms with Gasteiger partial charge in [-0.15, -0.1) is 11.3 Å². The second kappa shape index (κ2) is 7.75. The minimum Gasteiger partial charge on any atom is -0.298 e. The molecule has 28 heavy (non-hydrogen) atoms. The van der Waals surface area contributed by atoms with Gasteiger partial charge in [-0.05, 0) is 17.7 Å². The summed E-state index contributed by atoms with van der Waals surface area (Å²) in [7, 11) is 0. The molecule has 2 aromatic carbocycles. The third-order valence-electron chi connectivity index (χ3n) is 3.97. The van der Waals surface area contributed by atoms with E-state index in [1.54, 1.807) is 24.3 Å². The Morgan fingerprint density at radius 1 is 1.07 bits per heavy atom. The second-order valence-corrected chi connectivity index (χ2v) is 7.75. The van der Waals surface area contributed by atoms with Crippen molar-refractivity contribution in [2.24, 2.45) is 0 Å². The van der Waals surface area contributed by atoms with Crippen molar-refractivity contribution in [3.8, 4) is 11.3 Å². The van der Waals surface area contributed by atoms with Gasteiger partial charge in [-0.3, -0.25) is 19.9 Å². The number of H-pyrrole nitrogens is 1. The summed E-state index contributed by atoms with van der Waals surface area (Å²) >= 11 is 2.19. The highest BCUT2D eigenvalue weighted by Gasteiger charge is 2.10. The largest absolute Gasteiger partial charge is 0.338 e. The molecular weight excluding hydrogens is 396 g/mol. The summed E-state index contributed by atoms with van der Waals surface area (Å²) in [5.74, 6) is -0.260. The van der Waals surface area contributed by atoms with Crippen LogP contribution in [0, 0.1) is 0 Å². The highest BCUT2D eigenvalue weighted by Crippen LogP contribution is 2.25. The van der Waals surface area contributed by atoms with Gasteiger partial charge in [0.2, 0.25) is 0 Å². The maximum Gasteiger partial charge on any atom is 0.338 e. The first-order chi connectivity index (χ1) is 13.6. The van der Waals surface area contributed by atoms with Gasteiger partial charge in [0, 0.05) is 28.0 Å². The Morgan fingerprint density at radius 2 is 1.82 bits per heavy atom. The van der Waals surface area contributed by atoms with Crippen LogP contribution in [0.15, 0.2) is 69.6 Å². The lowest BCUT2D eigenvalue weighted by atomic mass is 10.1. The van der Waals surface area contributed by atoms with Crippen LogP contribution in [0.25, 0.3) is 11.3 Å². The summed E-state index contributed by atoms with van der Waals surface area (Å²) in [6, 6.07) is 16.6. The number of carbonyl (C=O) groups is 1. The lowest BCUT2D eigenvalue weighted by Crippen LogP contribution is -2.17. The average molecular weight is 410 g/mol. The molecular formula is C19H14N4O3S2. The lowest BCUT2D eigenvalue weighted by molar-refractivity contribution is 0.102. The SMILES string of the molecule is O=C(Nc1nc(-c2ccccc2)cs1)c1ccc(Cn2sc(=O)[nH]c2=O)cc1. The summed E-state index contributed by atoms with van der Waals surface area (Å²) < 4.78 is 1.33. The molecule has 2 aromatic heterocycles. The molecule has 0 radical (unpaired) electrons. The van der Waals surface area contributed by atoms with Gasteiger partial charge in [0.1, 0.15) is 0 Å². The van der Waals surface area contributed by atoms with Crippen molar-refractivity contribution in [2.45, 2.75) is 6.54 Å². The molecule has 7 nitrogen and oxygen atoms in total. The van der Waals surface area contributed by atoms with Crippen LogP contribution >= 0.6 is 22.9 Å². The van der Waals surface area contributed by atoms with E-state index in [9.17, 15) is 14.4 Å². The van der Waals surface area contributed by atoms with Gasteiger partial charge in [-0.2, -0.15) is 0 Å². The number of carbonyl (C=O) groups excluding carboxylic acids is 1. The Kier molecular flexibility index (Phi) is 5.00. The van der Waals surface area contributed by atoms with E-state index in [2.05, 4.69) is 15.3 Å². The summed E-state index contributed by atoms with van der Waals surface area (Å²) in [5, 5.41) is 5.22. The molecule has 0 saturated carbocycles. The standard InChI is InChI=1S/C19H14N4O3S2/c24-16(21-17-20-15(11-27-17)13-4-2-1-3-5-13)14-8-6-12(7-9-14)10-23-18(25)22-19(26)28-23/h1-9,11H,10H2,(H,20,21,24)(H,22,25,26). The number of benzene rings is 2. The fourth-order valence-electron chi connectivity index (χ4n) is 2.59. The highest BCUT2D eigenvalue weighted by atomic mass is 32.1. The molecule has 0 aliphatic heterocycles. The molecule has 4 rings (SSSR count). The monoisotopic (exact) mass is 410 g/mol. The Hall–Kier alpha value is -3.30. The first kappa shape index (κ1) is 18.1. The topological polar surface area (TPSA) is 96.8 Å². The Labute approximate surface area is 167 Å². The number of anilines is 1. The van der Waals surface area contributed by atoms with Gasteiger partial charge < -0.3 is 0 Å². The minimum atomic E-state index is -0.435. The Bertz CT molecular complexity index is 1220. The maximum atomic E-state index is 12.4. The van der Waals surface area contributed by atoms with Crippen LogP contribution in [0.5, 0.6) is 0 Å². The predicted molar refractivity (Wildman–Crippen MR) is 110 cm³/mol. The van der Waals surface area contributed by atoms with E-state index in [-0.39, 0.29) is 17.3 Å². The molecule has 0 fully saturated rings. The van der Waals surface area contributed by atoms with Crippen molar-refractivity contribution in [1.29, 1.82) is 0 Å². The van der Waals surface area contributed by atoms with Crippen LogP contribution in [0.2, 0.25) is 0 Å². The van der Waals surface area contributed by atoms with Crippen molar-refractivity contribution in [3.05, 3.63) is 91.3 Å². The molecule has 9 heteroatoms. The number of aromatic nitrogens is 3. The Morgan fingerprint density at radius 3 is 2.50 bits per heavy atom. The molecule has 4 aromatic rings. The van der Waals surface area contributed by atoms with E-state index >= 15 is 0 Å². The smallest absolute Gasteiger partial charge is 0.298 e. The number of nitrogens with one attached hydrogen (secondary N) is 2. The zero-order chi connectivity index (χ0) is 19.5. The van der Waals surface area contributed by atoms with E-state index in [1.165, 1.54) is 15.3 Å².